The summed E-state index contributed by atoms with van der Waals surface area (Å²) in [7, 11) is 0. The van der Waals surface area contributed by atoms with Crippen molar-refractivity contribution in [1.82, 2.24) is 5.32 Å². The fraction of sp³-hybridized carbons (Fsp3) is 0.711. The number of amides is 1. The molecule has 54 heavy (non-hydrogen) atoms. The molecule has 1 fully saturated rings. The van der Waals surface area contributed by atoms with Crippen LogP contribution in [0.5, 0.6) is 0 Å². The van der Waals surface area contributed by atoms with E-state index in [2.05, 4.69) is 79.9 Å². The second kappa shape index (κ2) is 35.1. The molecule has 0 bridgehead atoms. The molecule has 6 N–H and O–H groups in total. The van der Waals surface area contributed by atoms with Gasteiger partial charge in [0.25, 0.3) is 0 Å². The molecule has 1 amide bonds. The molecule has 9 nitrogen and oxygen atoms in total. The van der Waals surface area contributed by atoms with E-state index in [1.54, 1.807) is 6.08 Å². The summed E-state index contributed by atoms with van der Waals surface area (Å²) in [6.07, 6.45) is 39.6. The van der Waals surface area contributed by atoms with Gasteiger partial charge in [-0.1, -0.05) is 151 Å². The molecule has 0 aromatic heterocycles. The Hall–Kier alpha value is -2.37. The Morgan fingerprint density at radius 3 is 1.70 bits per heavy atom. The van der Waals surface area contributed by atoms with Crippen molar-refractivity contribution in [3.8, 4) is 0 Å². The molecular weight excluding hydrogens is 682 g/mol. The predicted molar refractivity (Wildman–Crippen MR) is 221 cm³/mol. The van der Waals surface area contributed by atoms with Crippen LogP contribution in [0, 0.1) is 0 Å². The standard InChI is InChI=1S/C45H77NO8/c1-3-5-7-9-11-13-14-15-16-17-18-19-20-21-22-23-24-25-26-27-29-31-33-35-41(49)46-38(39(48)34-32-30-28-12-10-8-6-4-2)37-53-45-44(52)43(51)42(50)40(36-47)54-45/h5,7,11,13,15-16,18-19,21-22,32,34,38-40,42-45,47-48,50-52H,3-4,6,8-10,12,14,17,20,23-31,33,35-37H2,1-2H3,(H,46,49)/b7-5-,13-11-,16-15-,19-18-,22-21-,34-32+. The zero-order valence-electron chi connectivity index (χ0n) is 33.7. The van der Waals surface area contributed by atoms with E-state index < -0.39 is 49.5 Å². The predicted octanol–water partition coefficient (Wildman–Crippen LogP) is 8.22. The smallest absolute Gasteiger partial charge is 0.220 e. The quantitative estimate of drug-likeness (QED) is 0.0290. The number of nitrogens with one attached hydrogen (secondary N) is 1. The monoisotopic (exact) mass is 760 g/mol. The lowest BCUT2D eigenvalue weighted by Crippen LogP contribution is -2.60. The fourth-order valence-corrected chi connectivity index (χ4v) is 6.12. The van der Waals surface area contributed by atoms with Crippen LogP contribution >= 0.6 is 0 Å². The SMILES string of the molecule is CC/C=C\C/C=C\C/C=C\C/C=C\C/C=C\CCCCCCCCCC(=O)NC(COC1OC(CO)C(O)C(O)C1O)C(O)/C=C/CCCCCCCC. The Balaban J connectivity index is 2.30. The molecule has 0 radical (unpaired) electrons. The van der Waals surface area contributed by atoms with Crippen LogP contribution in [0.2, 0.25) is 0 Å². The number of aliphatic hydroxyl groups is 5. The van der Waals surface area contributed by atoms with E-state index in [0.717, 1.165) is 83.5 Å². The highest BCUT2D eigenvalue weighted by Crippen LogP contribution is 2.22. The first-order valence-corrected chi connectivity index (χ1v) is 21.2. The van der Waals surface area contributed by atoms with Crippen LogP contribution in [-0.4, -0.2) is 87.5 Å². The number of ether oxygens (including phenoxy) is 2. The van der Waals surface area contributed by atoms with E-state index >= 15 is 0 Å². The maximum absolute atomic E-state index is 12.9. The fourth-order valence-electron chi connectivity index (χ4n) is 6.12. The van der Waals surface area contributed by atoms with Crippen molar-refractivity contribution in [2.45, 2.75) is 192 Å². The Labute approximate surface area is 328 Å². The summed E-state index contributed by atoms with van der Waals surface area (Å²) >= 11 is 0. The zero-order valence-corrected chi connectivity index (χ0v) is 33.7. The first kappa shape index (κ1) is 49.6. The third-order valence-corrected chi connectivity index (χ3v) is 9.54. The average molecular weight is 760 g/mol. The van der Waals surface area contributed by atoms with Crippen molar-refractivity contribution in [3.05, 3.63) is 72.9 Å². The average Bonchev–Trinajstić information content (AvgIpc) is 3.17. The van der Waals surface area contributed by atoms with Gasteiger partial charge in [0, 0.05) is 6.42 Å². The largest absolute Gasteiger partial charge is 0.394 e. The summed E-state index contributed by atoms with van der Waals surface area (Å²) in [4.78, 5) is 12.9. The topological polar surface area (TPSA) is 149 Å². The van der Waals surface area contributed by atoms with Crippen LogP contribution in [0.25, 0.3) is 0 Å². The molecule has 1 aliphatic heterocycles. The molecule has 0 aliphatic carbocycles. The summed E-state index contributed by atoms with van der Waals surface area (Å²) in [5.41, 5.74) is 0. The number of carbonyl (C=O) groups is 1. The van der Waals surface area contributed by atoms with Crippen LogP contribution in [0.1, 0.15) is 149 Å². The van der Waals surface area contributed by atoms with E-state index in [0.29, 0.717) is 6.42 Å². The first-order valence-electron chi connectivity index (χ1n) is 21.2. The zero-order chi connectivity index (χ0) is 39.5. The van der Waals surface area contributed by atoms with Gasteiger partial charge in [0.1, 0.15) is 24.4 Å². The van der Waals surface area contributed by atoms with Crippen LogP contribution in [0.3, 0.4) is 0 Å². The van der Waals surface area contributed by atoms with Crippen molar-refractivity contribution in [2.24, 2.45) is 0 Å². The van der Waals surface area contributed by atoms with Gasteiger partial charge in [-0.15, -0.1) is 0 Å². The minimum Gasteiger partial charge on any atom is -0.394 e. The maximum atomic E-state index is 12.9. The Morgan fingerprint density at radius 2 is 1.15 bits per heavy atom. The second-order valence-corrected chi connectivity index (χ2v) is 14.4. The van der Waals surface area contributed by atoms with Gasteiger partial charge in [-0.05, 0) is 64.2 Å². The van der Waals surface area contributed by atoms with Crippen molar-refractivity contribution in [1.29, 1.82) is 0 Å². The third kappa shape index (κ3) is 25.7. The summed E-state index contributed by atoms with van der Waals surface area (Å²) in [6, 6.07) is -0.811. The Morgan fingerprint density at radius 1 is 0.648 bits per heavy atom. The van der Waals surface area contributed by atoms with E-state index in [9.17, 15) is 30.3 Å². The van der Waals surface area contributed by atoms with E-state index in [4.69, 9.17) is 9.47 Å². The number of carbonyl (C=O) groups excluding carboxylic acids is 1. The summed E-state index contributed by atoms with van der Waals surface area (Å²) in [5, 5.41) is 53.9. The molecule has 0 spiro atoms. The molecule has 7 atom stereocenters. The number of unbranched alkanes of at least 4 members (excludes halogenated alkanes) is 13. The summed E-state index contributed by atoms with van der Waals surface area (Å²) < 4.78 is 11.1. The number of hydrogen-bond acceptors (Lipinski definition) is 8. The number of allylic oxidation sites excluding steroid dienone is 11. The van der Waals surface area contributed by atoms with Gasteiger partial charge in [-0.2, -0.15) is 0 Å². The normalized spacial score (nSPS) is 22.2. The lowest BCUT2D eigenvalue weighted by atomic mass is 9.99. The Bertz CT molecular complexity index is 1070. The van der Waals surface area contributed by atoms with Crippen LogP contribution in [-0.2, 0) is 14.3 Å². The van der Waals surface area contributed by atoms with Gasteiger partial charge in [0.05, 0.1) is 25.4 Å². The minimum atomic E-state index is -1.57. The second-order valence-electron chi connectivity index (χ2n) is 14.4. The van der Waals surface area contributed by atoms with Crippen LogP contribution in [0.4, 0.5) is 0 Å². The molecule has 9 heteroatoms. The van der Waals surface area contributed by atoms with E-state index in [-0.39, 0.29) is 12.5 Å². The number of aliphatic hydroxyl groups excluding tert-OH is 5. The molecule has 1 saturated heterocycles. The number of hydrogen-bond donors (Lipinski definition) is 6. The van der Waals surface area contributed by atoms with Gasteiger partial charge < -0.3 is 40.3 Å². The van der Waals surface area contributed by atoms with Crippen molar-refractivity contribution >= 4 is 5.91 Å². The van der Waals surface area contributed by atoms with E-state index in [1.807, 2.05) is 6.08 Å². The van der Waals surface area contributed by atoms with Crippen LogP contribution < -0.4 is 5.32 Å². The highest BCUT2D eigenvalue weighted by Gasteiger charge is 2.44. The van der Waals surface area contributed by atoms with Crippen LogP contribution in [0.15, 0.2) is 72.9 Å². The van der Waals surface area contributed by atoms with Gasteiger partial charge in [-0.25, -0.2) is 0 Å². The molecule has 7 unspecified atom stereocenters. The Kier molecular flexibility index (Phi) is 32.2. The molecule has 1 rings (SSSR count). The lowest BCUT2D eigenvalue weighted by molar-refractivity contribution is -0.302. The molecule has 1 aliphatic rings. The highest BCUT2D eigenvalue weighted by atomic mass is 16.7. The van der Waals surface area contributed by atoms with Crippen molar-refractivity contribution in [3.63, 3.8) is 0 Å². The van der Waals surface area contributed by atoms with Crippen molar-refractivity contribution < 1.29 is 39.8 Å². The lowest BCUT2D eigenvalue weighted by Gasteiger charge is -2.40. The van der Waals surface area contributed by atoms with Gasteiger partial charge >= 0.3 is 0 Å². The first-order chi connectivity index (χ1) is 26.3. The van der Waals surface area contributed by atoms with Gasteiger partial charge in [0.15, 0.2) is 6.29 Å². The summed E-state index contributed by atoms with van der Waals surface area (Å²) in [6.45, 7) is 3.58. The van der Waals surface area contributed by atoms with Gasteiger partial charge in [-0.3, -0.25) is 4.79 Å². The molecule has 1 heterocycles. The van der Waals surface area contributed by atoms with Gasteiger partial charge in [0.2, 0.25) is 5.91 Å². The third-order valence-electron chi connectivity index (χ3n) is 9.54. The highest BCUT2D eigenvalue weighted by molar-refractivity contribution is 5.76. The number of rotatable bonds is 33. The van der Waals surface area contributed by atoms with E-state index in [1.165, 1.54) is 44.9 Å². The molecule has 0 aromatic carbocycles. The maximum Gasteiger partial charge on any atom is 0.220 e. The molecule has 0 saturated carbocycles. The van der Waals surface area contributed by atoms with Crippen molar-refractivity contribution in [2.75, 3.05) is 13.2 Å². The summed E-state index contributed by atoms with van der Waals surface area (Å²) in [5.74, 6) is -0.196. The molecular formula is C45H77NO8. The molecule has 310 valence electrons. The molecule has 0 aromatic rings. The minimum absolute atomic E-state index is 0.196.